The molecule has 0 aliphatic rings. The monoisotopic (exact) mass is 313 g/mol. The zero-order valence-corrected chi connectivity index (χ0v) is 12.0. The zero-order chi connectivity index (χ0) is 13.2. The first-order chi connectivity index (χ1) is 9.22. The highest BCUT2D eigenvalue weighted by Gasteiger charge is 2.05. The molecule has 1 heterocycles. The van der Waals surface area contributed by atoms with Crippen molar-refractivity contribution in [2.24, 2.45) is 0 Å². The van der Waals surface area contributed by atoms with E-state index in [1.54, 1.807) is 4.68 Å². The van der Waals surface area contributed by atoms with Crippen molar-refractivity contribution < 1.29 is 0 Å². The Hall–Kier alpha value is -1.94. The Bertz CT molecular complexity index is 701. The summed E-state index contributed by atoms with van der Waals surface area (Å²) >= 11 is 3.46. The molecule has 0 amide bonds. The van der Waals surface area contributed by atoms with Gasteiger partial charge in [-0.3, -0.25) is 0 Å². The van der Waals surface area contributed by atoms with Crippen LogP contribution in [0, 0.1) is 6.92 Å². The van der Waals surface area contributed by atoms with E-state index in [1.165, 1.54) is 5.56 Å². The Labute approximate surface area is 120 Å². The molecule has 94 valence electrons. The summed E-state index contributed by atoms with van der Waals surface area (Å²) in [6.07, 6.45) is 1.94. The molecule has 0 aliphatic heterocycles. The SMILES string of the molecule is Cc1ccc(-n2cc(-c3cccc(Br)c3)nn2)cc1. The molecule has 0 fully saturated rings. The molecule has 0 radical (unpaired) electrons. The molecule has 0 atom stereocenters. The van der Waals surface area contributed by atoms with Gasteiger partial charge in [0.25, 0.3) is 0 Å². The summed E-state index contributed by atoms with van der Waals surface area (Å²) in [5.41, 5.74) is 4.16. The van der Waals surface area contributed by atoms with Gasteiger partial charge < -0.3 is 0 Å². The van der Waals surface area contributed by atoms with Gasteiger partial charge in [-0.1, -0.05) is 51.0 Å². The molecule has 19 heavy (non-hydrogen) atoms. The van der Waals surface area contributed by atoms with E-state index < -0.39 is 0 Å². The lowest BCUT2D eigenvalue weighted by Gasteiger charge is -1.99. The van der Waals surface area contributed by atoms with Crippen molar-refractivity contribution in [1.82, 2.24) is 15.0 Å². The van der Waals surface area contributed by atoms with E-state index >= 15 is 0 Å². The van der Waals surface area contributed by atoms with E-state index in [1.807, 2.05) is 42.6 Å². The van der Waals surface area contributed by atoms with Gasteiger partial charge in [0.1, 0.15) is 5.69 Å². The summed E-state index contributed by atoms with van der Waals surface area (Å²) in [6, 6.07) is 16.2. The fourth-order valence-electron chi connectivity index (χ4n) is 1.87. The molecule has 0 aliphatic carbocycles. The summed E-state index contributed by atoms with van der Waals surface area (Å²) in [5.74, 6) is 0. The maximum Gasteiger partial charge on any atom is 0.113 e. The molecule has 0 bridgehead atoms. The van der Waals surface area contributed by atoms with E-state index in [-0.39, 0.29) is 0 Å². The second-order valence-electron chi connectivity index (χ2n) is 4.39. The van der Waals surface area contributed by atoms with Crippen LogP contribution in [0.2, 0.25) is 0 Å². The van der Waals surface area contributed by atoms with Crippen LogP contribution in [0.25, 0.3) is 16.9 Å². The highest BCUT2D eigenvalue weighted by Crippen LogP contribution is 2.21. The van der Waals surface area contributed by atoms with Crippen LogP contribution in [0.5, 0.6) is 0 Å². The van der Waals surface area contributed by atoms with Crippen LogP contribution in [-0.4, -0.2) is 15.0 Å². The minimum atomic E-state index is 0.863. The molecule has 0 saturated carbocycles. The molecule has 4 heteroatoms. The Morgan fingerprint density at radius 3 is 2.58 bits per heavy atom. The Morgan fingerprint density at radius 2 is 1.84 bits per heavy atom. The smallest absolute Gasteiger partial charge is 0.113 e. The second-order valence-corrected chi connectivity index (χ2v) is 5.31. The predicted octanol–water partition coefficient (Wildman–Crippen LogP) is 4.01. The normalized spacial score (nSPS) is 10.6. The average Bonchev–Trinajstić information content (AvgIpc) is 2.89. The number of rotatable bonds is 2. The zero-order valence-electron chi connectivity index (χ0n) is 10.4. The van der Waals surface area contributed by atoms with Gasteiger partial charge in [-0.25, -0.2) is 4.68 Å². The summed E-state index contributed by atoms with van der Waals surface area (Å²) in [5, 5.41) is 8.39. The Morgan fingerprint density at radius 1 is 1.05 bits per heavy atom. The van der Waals surface area contributed by atoms with Crippen molar-refractivity contribution >= 4 is 15.9 Å². The van der Waals surface area contributed by atoms with E-state index in [9.17, 15) is 0 Å². The quantitative estimate of drug-likeness (QED) is 0.715. The maximum atomic E-state index is 4.22. The fourth-order valence-corrected chi connectivity index (χ4v) is 2.27. The Balaban J connectivity index is 1.97. The number of aryl methyl sites for hydroxylation is 1. The minimum absolute atomic E-state index is 0.863. The van der Waals surface area contributed by atoms with Crippen LogP contribution in [0.3, 0.4) is 0 Å². The molecule has 3 rings (SSSR count). The Kier molecular flexibility index (Phi) is 3.17. The lowest BCUT2D eigenvalue weighted by atomic mass is 10.2. The van der Waals surface area contributed by atoms with Crippen LogP contribution >= 0.6 is 15.9 Å². The highest BCUT2D eigenvalue weighted by molar-refractivity contribution is 9.10. The molecule has 3 nitrogen and oxygen atoms in total. The van der Waals surface area contributed by atoms with Crippen LogP contribution in [-0.2, 0) is 0 Å². The first kappa shape index (κ1) is 12.1. The molecule has 1 aromatic heterocycles. The third-order valence-corrected chi connectivity index (χ3v) is 3.41. The molecular formula is C15H12BrN3. The van der Waals surface area contributed by atoms with Crippen molar-refractivity contribution in [3.8, 4) is 16.9 Å². The summed E-state index contributed by atoms with van der Waals surface area (Å²) in [4.78, 5) is 0. The molecule has 0 N–H and O–H groups in total. The van der Waals surface area contributed by atoms with Crippen LogP contribution in [0.4, 0.5) is 0 Å². The van der Waals surface area contributed by atoms with Gasteiger partial charge in [0.05, 0.1) is 11.9 Å². The van der Waals surface area contributed by atoms with E-state index in [0.717, 1.165) is 21.4 Å². The van der Waals surface area contributed by atoms with Crippen LogP contribution in [0.1, 0.15) is 5.56 Å². The van der Waals surface area contributed by atoms with Crippen molar-refractivity contribution in [3.05, 3.63) is 64.8 Å². The predicted molar refractivity (Wildman–Crippen MR) is 79.2 cm³/mol. The lowest BCUT2D eigenvalue weighted by Crippen LogP contribution is -1.94. The van der Waals surface area contributed by atoms with Gasteiger partial charge in [-0.05, 0) is 31.2 Å². The number of nitrogens with zero attached hydrogens (tertiary/aromatic N) is 3. The number of hydrogen-bond donors (Lipinski definition) is 0. The van der Waals surface area contributed by atoms with Gasteiger partial charge in [-0.15, -0.1) is 5.10 Å². The van der Waals surface area contributed by atoms with Crippen molar-refractivity contribution in [2.45, 2.75) is 6.92 Å². The highest BCUT2D eigenvalue weighted by atomic mass is 79.9. The second kappa shape index (κ2) is 4.97. The molecule has 2 aromatic carbocycles. The standard InChI is InChI=1S/C15H12BrN3/c1-11-5-7-14(8-6-11)19-10-15(17-18-19)12-3-2-4-13(16)9-12/h2-10H,1H3. The summed E-state index contributed by atoms with van der Waals surface area (Å²) < 4.78 is 2.82. The average molecular weight is 314 g/mol. The first-order valence-corrected chi connectivity index (χ1v) is 6.77. The molecular weight excluding hydrogens is 302 g/mol. The third kappa shape index (κ3) is 2.58. The molecule has 3 aromatic rings. The molecule has 0 saturated heterocycles. The maximum absolute atomic E-state index is 4.22. The topological polar surface area (TPSA) is 30.7 Å². The number of aromatic nitrogens is 3. The van der Waals surface area contributed by atoms with E-state index in [4.69, 9.17) is 0 Å². The van der Waals surface area contributed by atoms with Crippen molar-refractivity contribution in [2.75, 3.05) is 0 Å². The minimum Gasteiger partial charge on any atom is -0.220 e. The van der Waals surface area contributed by atoms with Crippen LogP contribution < -0.4 is 0 Å². The van der Waals surface area contributed by atoms with Gasteiger partial charge in [0.15, 0.2) is 0 Å². The first-order valence-electron chi connectivity index (χ1n) is 5.98. The number of benzene rings is 2. The van der Waals surface area contributed by atoms with Gasteiger partial charge >= 0.3 is 0 Å². The number of hydrogen-bond acceptors (Lipinski definition) is 2. The summed E-state index contributed by atoms with van der Waals surface area (Å²) in [6.45, 7) is 2.07. The van der Waals surface area contributed by atoms with Crippen molar-refractivity contribution in [3.63, 3.8) is 0 Å². The third-order valence-electron chi connectivity index (χ3n) is 2.91. The van der Waals surface area contributed by atoms with Gasteiger partial charge in [0.2, 0.25) is 0 Å². The van der Waals surface area contributed by atoms with Gasteiger partial charge in [0, 0.05) is 10.0 Å². The fraction of sp³-hybridized carbons (Fsp3) is 0.0667. The number of halogens is 1. The summed E-state index contributed by atoms with van der Waals surface area (Å²) in [7, 11) is 0. The largest absolute Gasteiger partial charge is 0.220 e. The van der Waals surface area contributed by atoms with E-state index in [0.29, 0.717) is 0 Å². The molecule has 0 spiro atoms. The van der Waals surface area contributed by atoms with Crippen LogP contribution in [0.15, 0.2) is 59.2 Å². The van der Waals surface area contributed by atoms with Gasteiger partial charge in [-0.2, -0.15) is 0 Å². The van der Waals surface area contributed by atoms with Crippen molar-refractivity contribution in [1.29, 1.82) is 0 Å². The molecule has 0 unspecified atom stereocenters. The lowest BCUT2D eigenvalue weighted by molar-refractivity contribution is 0.803. The van der Waals surface area contributed by atoms with E-state index in [2.05, 4.69) is 45.3 Å².